The topological polar surface area (TPSA) is 101 Å². The molecule has 1 aromatic carbocycles. The Balaban J connectivity index is 2.19. The zero-order valence-electron chi connectivity index (χ0n) is 11.2. The van der Waals surface area contributed by atoms with Crippen molar-refractivity contribution in [2.24, 2.45) is 0 Å². The van der Waals surface area contributed by atoms with Gasteiger partial charge in [0, 0.05) is 0 Å². The Bertz CT molecular complexity index is 628. The number of nitrogens with zero attached hydrogens (tertiary/aromatic N) is 2. The quantitative estimate of drug-likeness (QED) is 0.852. The van der Waals surface area contributed by atoms with Gasteiger partial charge < -0.3 is 15.2 Å². The van der Waals surface area contributed by atoms with Crippen LogP contribution in [0.4, 0.5) is 0 Å². The maximum absolute atomic E-state index is 12.0. The van der Waals surface area contributed by atoms with Crippen molar-refractivity contribution in [3.63, 3.8) is 0 Å². The van der Waals surface area contributed by atoms with E-state index in [4.69, 9.17) is 4.74 Å². The smallest absolute Gasteiger partial charge is 0.330 e. The molecule has 0 radical (unpaired) electrons. The minimum atomic E-state index is -1.16. The number of aliphatic carboxylic acids is 1. The van der Waals surface area contributed by atoms with E-state index >= 15 is 0 Å². The van der Waals surface area contributed by atoms with Gasteiger partial charge in [-0.15, -0.1) is 0 Å². The molecule has 0 bridgehead atoms. The summed E-state index contributed by atoms with van der Waals surface area (Å²) >= 11 is 0. The molecular formula is C14H13N3O4. The SMILES string of the molecule is COc1ccc(C(NC(=O)c2ccnnc2)C(=O)O)cc1. The number of benzene rings is 1. The van der Waals surface area contributed by atoms with Gasteiger partial charge in [0.05, 0.1) is 25.1 Å². The molecule has 2 aromatic rings. The van der Waals surface area contributed by atoms with Crippen LogP contribution in [-0.4, -0.2) is 34.3 Å². The summed E-state index contributed by atoms with van der Waals surface area (Å²) in [6, 6.07) is 6.73. The third-order valence-corrected chi connectivity index (χ3v) is 2.82. The predicted molar refractivity (Wildman–Crippen MR) is 72.9 cm³/mol. The van der Waals surface area contributed by atoms with Crippen molar-refractivity contribution in [3.8, 4) is 5.75 Å². The first-order chi connectivity index (χ1) is 10.1. The number of carbonyl (C=O) groups excluding carboxylic acids is 1. The van der Waals surface area contributed by atoms with Crippen molar-refractivity contribution in [2.75, 3.05) is 7.11 Å². The second-order valence-electron chi connectivity index (χ2n) is 4.15. The molecule has 1 heterocycles. The highest BCUT2D eigenvalue weighted by Gasteiger charge is 2.22. The van der Waals surface area contributed by atoms with Gasteiger partial charge in [0.1, 0.15) is 5.75 Å². The fourth-order valence-electron chi connectivity index (χ4n) is 1.72. The van der Waals surface area contributed by atoms with Gasteiger partial charge in [-0.05, 0) is 23.8 Å². The molecule has 0 saturated heterocycles. The molecule has 0 saturated carbocycles. The Morgan fingerprint density at radius 1 is 1.19 bits per heavy atom. The van der Waals surface area contributed by atoms with E-state index in [1.807, 2.05) is 0 Å². The predicted octanol–water partition coefficient (Wildman–Crippen LogP) is 1.04. The molecular weight excluding hydrogens is 274 g/mol. The zero-order valence-corrected chi connectivity index (χ0v) is 11.2. The zero-order chi connectivity index (χ0) is 15.2. The minimum Gasteiger partial charge on any atom is -0.497 e. The highest BCUT2D eigenvalue weighted by atomic mass is 16.5. The fourth-order valence-corrected chi connectivity index (χ4v) is 1.72. The summed E-state index contributed by atoms with van der Waals surface area (Å²) in [5.41, 5.74) is 0.684. The lowest BCUT2D eigenvalue weighted by molar-refractivity contribution is -0.139. The number of hydrogen-bond donors (Lipinski definition) is 2. The lowest BCUT2D eigenvalue weighted by Crippen LogP contribution is -2.33. The Kier molecular flexibility index (Phi) is 4.45. The van der Waals surface area contributed by atoms with E-state index in [0.717, 1.165) is 0 Å². The third kappa shape index (κ3) is 3.53. The van der Waals surface area contributed by atoms with E-state index in [9.17, 15) is 14.7 Å². The molecule has 1 aromatic heterocycles. The highest BCUT2D eigenvalue weighted by molar-refractivity contribution is 5.96. The van der Waals surface area contributed by atoms with Gasteiger partial charge >= 0.3 is 5.97 Å². The summed E-state index contributed by atoms with van der Waals surface area (Å²) in [7, 11) is 1.52. The molecule has 0 spiro atoms. The number of carbonyl (C=O) groups is 2. The molecule has 7 heteroatoms. The lowest BCUT2D eigenvalue weighted by Gasteiger charge is -2.15. The van der Waals surface area contributed by atoms with E-state index in [0.29, 0.717) is 11.3 Å². The van der Waals surface area contributed by atoms with E-state index in [1.54, 1.807) is 24.3 Å². The van der Waals surface area contributed by atoms with Crippen LogP contribution >= 0.6 is 0 Å². The Morgan fingerprint density at radius 2 is 1.90 bits per heavy atom. The summed E-state index contributed by atoms with van der Waals surface area (Å²) in [5.74, 6) is -1.09. The molecule has 0 fully saturated rings. The second-order valence-corrected chi connectivity index (χ2v) is 4.15. The number of rotatable bonds is 5. The molecule has 108 valence electrons. The molecule has 21 heavy (non-hydrogen) atoms. The third-order valence-electron chi connectivity index (χ3n) is 2.82. The first kappa shape index (κ1) is 14.4. The summed E-state index contributed by atoms with van der Waals surface area (Å²) in [4.78, 5) is 23.3. The molecule has 1 amide bonds. The molecule has 7 nitrogen and oxygen atoms in total. The van der Waals surface area contributed by atoms with Crippen LogP contribution in [0.25, 0.3) is 0 Å². The standard InChI is InChI=1S/C14H13N3O4/c1-21-11-4-2-9(3-5-11)12(14(19)20)17-13(18)10-6-7-15-16-8-10/h2-8,12H,1H3,(H,17,18)(H,19,20). The van der Waals surface area contributed by atoms with Crippen molar-refractivity contribution < 1.29 is 19.4 Å². The van der Waals surface area contributed by atoms with Crippen LogP contribution in [0.1, 0.15) is 22.0 Å². The average molecular weight is 287 g/mol. The number of nitrogens with one attached hydrogen (secondary N) is 1. The maximum Gasteiger partial charge on any atom is 0.330 e. The van der Waals surface area contributed by atoms with E-state index < -0.39 is 17.9 Å². The molecule has 1 atom stereocenters. The Morgan fingerprint density at radius 3 is 2.43 bits per heavy atom. The number of ether oxygens (including phenoxy) is 1. The molecule has 0 aliphatic heterocycles. The van der Waals surface area contributed by atoms with Crippen molar-refractivity contribution in [1.82, 2.24) is 15.5 Å². The van der Waals surface area contributed by atoms with Crippen molar-refractivity contribution in [3.05, 3.63) is 53.9 Å². The number of amides is 1. The van der Waals surface area contributed by atoms with Crippen LogP contribution < -0.4 is 10.1 Å². The maximum atomic E-state index is 12.0. The van der Waals surface area contributed by atoms with Crippen LogP contribution in [0.15, 0.2) is 42.7 Å². The van der Waals surface area contributed by atoms with Gasteiger partial charge in [-0.2, -0.15) is 10.2 Å². The van der Waals surface area contributed by atoms with Crippen molar-refractivity contribution >= 4 is 11.9 Å². The Hall–Kier alpha value is -2.96. The van der Waals surface area contributed by atoms with Crippen LogP contribution in [0.3, 0.4) is 0 Å². The average Bonchev–Trinajstić information content (AvgIpc) is 2.53. The first-order valence-corrected chi connectivity index (χ1v) is 6.06. The number of methoxy groups -OCH3 is 1. The normalized spacial score (nSPS) is 11.5. The van der Waals surface area contributed by atoms with E-state index in [-0.39, 0.29) is 5.56 Å². The van der Waals surface area contributed by atoms with Gasteiger partial charge in [-0.3, -0.25) is 4.79 Å². The monoisotopic (exact) mass is 287 g/mol. The highest BCUT2D eigenvalue weighted by Crippen LogP contribution is 2.18. The number of carboxylic acid groups (broad SMARTS) is 1. The largest absolute Gasteiger partial charge is 0.497 e. The number of hydrogen-bond acceptors (Lipinski definition) is 5. The lowest BCUT2D eigenvalue weighted by atomic mass is 10.1. The molecule has 2 rings (SSSR count). The van der Waals surface area contributed by atoms with Crippen molar-refractivity contribution in [1.29, 1.82) is 0 Å². The summed E-state index contributed by atoms with van der Waals surface area (Å²) in [5, 5.41) is 18.9. The summed E-state index contributed by atoms with van der Waals surface area (Å²) in [6.07, 6.45) is 2.63. The molecule has 0 aliphatic rings. The summed E-state index contributed by atoms with van der Waals surface area (Å²) < 4.78 is 5.01. The van der Waals surface area contributed by atoms with Gasteiger partial charge in [0.2, 0.25) is 0 Å². The van der Waals surface area contributed by atoms with Crippen LogP contribution in [0, 0.1) is 0 Å². The molecule has 1 unspecified atom stereocenters. The minimum absolute atomic E-state index is 0.241. The Labute approximate surface area is 120 Å². The van der Waals surface area contributed by atoms with Crippen LogP contribution in [0.2, 0.25) is 0 Å². The van der Waals surface area contributed by atoms with Crippen molar-refractivity contribution in [2.45, 2.75) is 6.04 Å². The number of carboxylic acids is 1. The van der Waals surface area contributed by atoms with Gasteiger partial charge in [0.15, 0.2) is 6.04 Å². The molecule has 2 N–H and O–H groups in total. The van der Waals surface area contributed by atoms with E-state index in [1.165, 1.54) is 25.6 Å². The van der Waals surface area contributed by atoms with Crippen LogP contribution in [-0.2, 0) is 4.79 Å². The van der Waals surface area contributed by atoms with E-state index in [2.05, 4.69) is 15.5 Å². The summed E-state index contributed by atoms with van der Waals surface area (Å²) in [6.45, 7) is 0. The first-order valence-electron chi connectivity index (χ1n) is 6.06. The van der Waals surface area contributed by atoms with Gasteiger partial charge in [-0.1, -0.05) is 12.1 Å². The molecule has 0 aliphatic carbocycles. The number of aromatic nitrogens is 2. The van der Waals surface area contributed by atoms with Gasteiger partial charge in [0.25, 0.3) is 5.91 Å². The fraction of sp³-hybridized carbons (Fsp3) is 0.143. The van der Waals surface area contributed by atoms with Gasteiger partial charge in [-0.25, -0.2) is 4.79 Å². The second kappa shape index (κ2) is 6.47. The van der Waals surface area contributed by atoms with Crippen LogP contribution in [0.5, 0.6) is 5.75 Å².